The summed E-state index contributed by atoms with van der Waals surface area (Å²) in [6.07, 6.45) is 0.519. The Morgan fingerprint density at radius 3 is 2.32 bits per heavy atom. The van der Waals surface area contributed by atoms with E-state index in [1.54, 1.807) is 6.07 Å². The van der Waals surface area contributed by atoms with Gasteiger partial charge in [0.15, 0.2) is 0 Å². The van der Waals surface area contributed by atoms with Crippen molar-refractivity contribution in [1.82, 2.24) is 9.21 Å². The summed E-state index contributed by atoms with van der Waals surface area (Å²) in [5, 5.41) is 9.20. The molecule has 1 fully saturated rings. The lowest BCUT2D eigenvalue weighted by Gasteiger charge is -2.36. The number of nitrogens with zero attached hydrogens (tertiary/aromatic N) is 2. The van der Waals surface area contributed by atoms with E-state index in [0.29, 0.717) is 37.5 Å². The Morgan fingerprint density at radius 2 is 1.91 bits per heavy atom. The van der Waals surface area contributed by atoms with Gasteiger partial charge in [0.25, 0.3) is 0 Å². The van der Waals surface area contributed by atoms with Crippen molar-refractivity contribution in [2.45, 2.75) is 38.1 Å². The van der Waals surface area contributed by atoms with E-state index in [9.17, 15) is 18.3 Å². The quantitative estimate of drug-likeness (QED) is 0.875. The Hall–Kier alpha value is -0.960. The third-order valence-electron chi connectivity index (χ3n) is 4.00. The van der Waals surface area contributed by atoms with Gasteiger partial charge in [-0.05, 0) is 26.3 Å². The third-order valence-corrected chi connectivity index (χ3v) is 7.12. The summed E-state index contributed by atoms with van der Waals surface area (Å²) in [6.45, 7) is 7.12. The summed E-state index contributed by atoms with van der Waals surface area (Å²) in [6, 6.07) is 1.18. The van der Waals surface area contributed by atoms with Crippen LogP contribution in [-0.2, 0) is 14.8 Å². The maximum Gasteiger partial charge on any atom is 0.320 e. The minimum atomic E-state index is -3.48. The normalized spacial score (nSPS) is 19.2. The van der Waals surface area contributed by atoms with Gasteiger partial charge in [-0.2, -0.15) is 4.31 Å². The molecule has 2 heterocycles. The first-order chi connectivity index (χ1) is 10.3. The fourth-order valence-electron chi connectivity index (χ4n) is 2.85. The zero-order valence-corrected chi connectivity index (χ0v) is 14.7. The van der Waals surface area contributed by atoms with Crippen LogP contribution in [-0.4, -0.2) is 60.9 Å². The molecule has 1 aliphatic rings. The lowest BCUT2D eigenvalue weighted by molar-refractivity contribution is -0.143. The molecular formula is C14H22N2O4S2. The van der Waals surface area contributed by atoms with Gasteiger partial charge in [-0.3, -0.25) is 9.69 Å². The summed E-state index contributed by atoms with van der Waals surface area (Å²) in [4.78, 5) is 15.2. The van der Waals surface area contributed by atoms with E-state index in [4.69, 9.17) is 0 Å². The predicted octanol–water partition coefficient (Wildman–Crippen LogP) is 1.53. The molecule has 8 heteroatoms. The van der Waals surface area contributed by atoms with Crippen molar-refractivity contribution < 1.29 is 18.3 Å². The van der Waals surface area contributed by atoms with Gasteiger partial charge >= 0.3 is 5.97 Å². The minimum Gasteiger partial charge on any atom is -0.480 e. The number of piperazine rings is 1. The van der Waals surface area contributed by atoms with E-state index >= 15 is 0 Å². The lowest BCUT2D eigenvalue weighted by atomic mass is 10.1. The number of hydrogen-bond donors (Lipinski definition) is 1. The van der Waals surface area contributed by atoms with Crippen LogP contribution in [0.15, 0.2) is 11.0 Å². The summed E-state index contributed by atoms with van der Waals surface area (Å²) in [7, 11) is -3.48. The zero-order chi connectivity index (χ0) is 16.5. The molecule has 0 radical (unpaired) electrons. The number of hydrogen-bond acceptors (Lipinski definition) is 5. The number of thiophene rings is 1. The molecule has 0 spiro atoms. The number of rotatable bonds is 5. The summed E-state index contributed by atoms with van der Waals surface area (Å²) >= 11 is 1.48. The monoisotopic (exact) mass is 346 g/mol. The summed E-state index contributed by atoms with van der Waals surface area (Å²) in [5.41, 5.74) is 0. The highest BCUT2D eigenvalue weighted by Crippen LogP contribution is 2.28. The molecule has 1 saturated heterocycles. The number of sulfonamides is 1. The average Bonchev–Trinajstić information content (AvgIpc) is 2.79. The zero-order valence-electron chi connectivity index (χ0n) is 13.1. The third kappa shape index (κ3) is 3.34. The van der Waals surface area contributed by atoms with Crippen molar-refractivity contribution in [2.24, 2.45) is 0 Å². The molecule has 22 heavy (non-hydrogen) atoms. The van der Waals surface area contributed by atoms with E-state index in [1.807, 2.05) is 25.7 Å². The van der Waals surface area contributed by atoms with E-state index < -0.39 is 22.0 Å². The molecule has 1 aromatic heterocycles. The fourth-order valence-corrected chi connectivity index (χ4v) is 5.79. The SMILES string of the molecule is CCC(C(=O)O)N1CCN(S(=O)(=O)c2cc(C)sc2C)CC1. The first kappa shape index (κ1) is 17.4. The molecular weight excluding hydrogens is 324 g/mol. The minimum absolute atomic E-state index is 0.334. The second kappa shape index (κ2) is 6.66. The molecule has 6 nitrogen and oxygen atoms in total. The highest BCUT2D eigenvalue weighted by Gasteiger charge is 2.33. The number of aryl methyl sites for hydroxylation is 2. The van der Waals surface area contributed by atoms with Crippen molar-refractivity contribution in [3.8, 4) is 0 Å². The van der Waals surface area contributed by atoms with Crippen molar-refractivity contribution in [1.29, 1.82) is 0 Å². The fraction of sp³-hybridized carbons (Fsp3) is 0.643. The first-order valence-electron chi connectivity index (χ1n) is 7.31. The predicted molar refractivity (Wildman–Crippen MR) is 85.8 cm³/mol. The Kier molecular flexibility index (Phi) is 5.26. The van der Waals surface area contributed by atoms with Crippen LogP contribution in [0.4, 0.5) is 0 Å². The van der Waals surface area contributed by atoms with Gasteiger partial charge in [-0.1, -0.05) is 6.92 Å². The maximum atomic E-state index is 12.7. The molecule has 0 bridgehead atoms. The van der Waals surface area contributed by atoms with Gasteiger partial charge in [-0.15, -0.1) is 11.3 Å². The van der Waals surface area contributed by atoms with Crippen molar-refractivity contribution in [2.75, 3.05) is 26.2 Å². The van der Waals surface area contributed by atoms with Crippen LogP contribution >= 0.6 is 11.3 Å². The van der Waals surface area contributed by atoms with Gasteiger partial charge in [0.05, 0.1) is 4.90 Å². The standard InChI is InChI=1S/C14H22N2O4S2/c1-4-12(14(17)18)15-5-7-16(8-6-15)22(19,20)13-9-10(2)21-11(13)3/h9,12H,4-8H2,1-3H3,(H,17,18). The number of aliphatic carboxylic acids is 1. The lowest BCUT2D eigenvalue weighted by Crippen LogP contribution is -2.53. The molecule has 124 valence electrons. The van der Waals surface area contributed by atoms with E-state index in [2.05, 4.69) is 0 Å². The highest BCUT2D eigenvalue weighted by molar-refractivity contribution is 7.89. The Morgan fingerprint density at radius 1 is 1.32 bits per heavy atom. The van der Waals surface area contributed by atoms with Gasteiger partial charge in [0, 0.05) is 35.9 Å². The van der Waals surface area contributed by atoms with Crippen LogP contribution in [0.5, 0.6) is 0 Å². The molecule has 1 atom stereocenters. The van der Waals surface area contributed by atoms with E-state index in [1.165, 1.54) is 15.6 Å². The summed E-state index contributed by atoms with van der Waals surface area (Å²) in [5.74, 6) is -0.844. The molecule has 1 N–H and O–H groups in total. The Balaban J connectivity index is 2.11. The second-order valence-electron chi connectivity index (χ2n) is 5.48. The molecule has 0 saturated carbocycles. The van der Waals surface area contributed by atoms with Crippen LogP contribution in [0.25, 0.3) is 0 Å². The second-order valence-corrected chi connectivity index (χ2v) is 8.85. The van der Waals surface area contributed by atoms with Gasteiger partial charge in [0.2, 0.25) is 10.0 Å². The Labute approximate surface area is 135 Å². The molecule has 2 rings (SSSR count). The molecule has 0 aromatic carbocycles. The highest BCUT2D eigenvalue weighted by atomic mass is 32.2. The number of carboxylic acids is 1. The van der Waals surface area contributed by atoms with E-state index in [0.717, 1.165) is 9.75 Å². The maximum absolute atomic E-state index is 12.7. The number of carboxylic acid groups (broad SMARTS) is 1. The van der Waals surface area contributed by atoms with Crippen LogP contribution < -0.4 is 0 Å². The smallest absolute Gasteiger partial charge is 0.320 e. The molecule has 1 aromatic rings. The average molecular weight is 346 g/mol. The molecule has 0 aliphatic carbocycles. The van der Waals surface area contributed by atoms with Crippen LogP contribution in [0.1, 0.15) is 23.1 Å². The molecule has 0 amide bonds. The Bertz CT molecular complexity index is 646. The van der Waals surface area contributed by atoms with Crippen LogP contribution in [0.3, 0.4) is 0 Å². The molecule has 1 unspecified atom stereocenters. The largest absolute Gasteiger partial charge is 0.480 e. The topological polar surface area (TPSA) is 77.9 Å². The van der Waals surface area contributed by atoms with Crippen LogP contribution in [0, 0.1) is 13.8 Å². The van der Waals surface area contributed by atoms with Gasteiger partial charge < -0.3 is 5.11 Å². The van der Waals surface area contributed by atoms with Gasteiger partial charge in [0.1, 0.15) is 6.04 Å². The number of carbonyl (C=O) groups is 1. The van der Waals surface area contributed by atoms with E-state index in [-0.39, 0.29) is 0 Å². The van der Waals surface area contributed by atoms with Gasteiger partial charge in [-0.25, -0.2) is 8.42 Å². The van der Waals surface area contributed by atoms with Crippen LogP contribution in [0.2, 0.25) is 0 Å². The van der Waals surface area contributed by atoms with Crippen molar-refractivity contribution >= 4 is 27.3 Å². The molecule has 1 aliphatic heterocycles. The van der Waals surface area contributed by atoms with Crippen molar-refractivity contribution in [3.63, 3.8) is 0 Å². The first-order valence-corrected chi connectivity index (χ1v) is 9.57. The summed E-state index contributed by atoms with van der Waals surface area (Å²) < 4.78 is 26.9. The van der Waals surface area contributed by atoms with Crippen molar-refractivity contribution in [3.05, 3.63) is 15.8 Å².